The van der Waals surface area contributed by atoms with Crippen LogP contribution in [0.2, 0.25) is 0 Å². The van der Waals surface area contributed by atoms with Gasteiger partial charge in [-0.1, -0.05) is 73.5 Å². The van der Waals surface area contributed by atoms with Crippen LogP contribution in [0.5, 0.6) is 0 Å². The van der Waals surface area contributed by atoms with Crippen LogP contribution in [0.4, 0.5) is 11.4 Å². The first-order valence-corrected chi connectivity index (χ1v) is 12.9. The zero-order chi connectivity index (χ0) is 24.2. The number of rotatable bonds is 5. The van der Waals surface area contributed by atoms with Gasteiger partial charge in [-0.05, 0) is 67.4 Å². The minimum Gasteiger partial charge on any atom is -0.321 e. The average Bonchev–Trinajstić information content (AvgIpc) is 3.13. The first-order valence-electron chi connectivity index (χ1n) is 10.4. The predicted octanol–water partition coefficient (Wildman–Crippen LogP) is 6.59. The molecule has 0 saturated carbocycles. The Kier molecular flexibility index (Phi) is 7.57. The first kappa shape index (κ1) is 24.3. The fourth-order valence-electron chi connectivity index (χ4n) is 3.48. The summed E-state index contributed by atoms with van der Waals surface area (Å²) in [6, 6.07) is 24.4. The molecule has 1 N–H and O–H groups in total. The number of nitrogens with zero attached hydrogens (tertiary/aromatic N) is 2. The lowest BCUT2D eigenvalue weighted by atomic mass is 10.1. The van der Waals surface area contributed by atoms with E-state index in [0.717, 1.165) is 20.1 Å². The molecule has 1 saturated heterocycles. The highest BCUT2D eigenvalue weighted by Gasteiger charge is 2.40. The van der Waals surface area contributed by atoms with Crippen molar-refractivity contribution in [1.29, 1.82) is 5.26 Å². The first-order chi connectivity index (χ1) is 16.4. The molecule has 1 aliphatic rings. The molecule has 0 aromatic heterocycles. The normalized spacial score (nSPS) is 16.8. The number of amides is 2. The molecular weight excluding hydrogens is 578 g/mol. The molecule has 1 aliphatic heterocycles. The van der Waals surface area contributed by atoms with Crippen LogP contribution in [-0.4, -0.2) is 17.1 Å². The Balaban J connectivity index is 1.71. The van der Waals surface area contributed by atoms with Gasteiger partial charge in [0.2, 0.25) is 5.91 Å². The summed E-state index contributed by atoms with van der Waals surface area (Å²) >= 11 is 8.05. The molecule has 8 heteroatoms. The monoisotopic (exact) mass is 595 g/mol. The van der Waals surface area contributed by atoms with Gasteiger partial charge in [-0.3, -0.25) is 14.5 Å². The molecule has 170 valence electrons. The van der Waals surface area contributed by atoms with Crippen molar-refractivity contribution in [2.24, 2.45) is 0 Å². The number of hydrogen-bond acceptors (Lipinski definition) is 4. The van der Waals surface area contributed by atoms with E-state index in [1.807, 2.05) is 61.5 Å². The van der Waals surface area contributed by atoms with Crippen LogP contribution in [0, 0.1) is 18.3 Å². The van der Waals surface area contributed by atoms with Gasteiger partial charge in [0.15, 0.2) is 0 Å². The van der Waals surface area contributed by atoms with Crippen LogP contribution in [-0.2, 0) is 16.0 Å². The summed E-state index contributed by atoms with van der Waals surface area (Å²) in [5, 5.41) is 12.6. The molecule has 0 spiro atoms. The topological polar surface area (TPSA) is 73.2 Å². The average molecular weight is 597 g/mol. The minimum absolute atomic E-state index is 0.0971. The van der Waals surface area contributed by atoms with Crippen LogP contribution >= 0.6 is 43.6 Å². The Morgan fingerprint density at radius 2 is 1.59 bits per heavy atom. The van der Waals surface area contributed by atoms with Crippen molar-refractivity contribution >= 4 is 66.8 Å². The number of benzene rings is 3. The fraction of sp³-hybridized carbons (Fsp3) is 0.115. The van der Waals surface area contributed by atoms with Crippen molar-refractivity contribution in [2.45, 2.75) is 18.6 Å². The Bertz CT molecular complexity index is 1300. The van der Waals surface area contributed by atoms with Crippen LogP contribution in [0.15, 0.2) is 92.3 Å². The molecule has 1 unspecified atom stereocenters. The summed E-state index contributed by atoms with van der Waals surface area (Å²) in [7, 11) is 0. The molecule has 0 radical (unpaired) electrons. The van der Waals surface area contributed by atoms with E-state index in [1.54, 1.807) is 24.3 Å². The summed E-state index contributed by atoms with van der Waals surface area (Å²) in [5.41, 5.74) is 3.13. The number of thioether (sulfide) groups is 1. The van der Waals surface area contributed by atoms with E-state index < -0.39 is 11.2 Å². The maximum atomic E-state index is 13.5. The van der Waals surface area contributed by atoms with Crippen molar-refractivity contribution in [3.05, 3.63) is 103 Å². The molecule has 4 rings (SSSR count). The van der Waals surface area contributed by atoms with Gasteiger partial charge in [-0.25, -0.2) is 0 Å². The number of anilines is 2. The van der Waals surface area contributed by atoms with Gasteiger partial charge in [0.1, 0.15) is 16.7 Å². The largest absolute Gasteiger partial charge is 0.321 e. The van der Waals surface area contributed by atoms with Gasteiger partial charge in [0.25, 0.3) is 5.91 Å². The van der Waals surface area contributed by atoms with E-state index >= 15 is 0 Å². The number of nitrogens with one attached hydrogen (secondary N) is 1. The van der Waals surface area contributed by atoms with Crippen LogP contribution in [0.3, 0.4) is 0 Å². The quantitative estimate of drug-likeness (QED) is 0.266. The van der Waals surface area contributed by atoms with Crippen molar-refractivity contribution < 1.29 is 9.59 Å². The SMILES string of the molecule is Cc1ccc(N2C(=O)C(Cc3ccc(Br)cc3)S/C2=C(/C#N)C(=O)Nc2ccc(Br)cc2)cc1. The van der Waals surface area contributed by atoms with Crippen molar-refractivity contribution in [2.75, 3.05) is 10.2 Å². The Hall–Kier alpha value is -2.86. The molecule has 2 amide bonds. The van der Waals surface area contributed by atoms with E-state index in [-0.39, 0.29) is 11.5 Å². The lowest BCUT2D eigenvalue weighted by Crippen LogP contribution is -2.30. The molecule has 1 heterocycles. The van der Waals surface area contributed by atoms with Crippen LogP contribution in [0.25, 0.3) is 0 Å². The second-order valence-corrected chi connectivity index (χ2v) is 10.7. The maximum Gasteiger partial charge on any atom is 0.269 e. The van der Waals surface area contributed by atoms with Gasteiger partial charge in [-0.15, -0.1) is 0 Å². The van der Waals surface area contributed by atoms with Crippen molar-refractivity contribution in [3.63, 3.8) is 0 Å². The molecule has 5 nitrogen and oxygen atoms in total. The summed E-state index contributed by atoms with van der Waals surface area (Å²) in [4.78, 5) is 28.1. The van der Waals surface area contributed by atoms with Crippen LogP contribution in [0.1, 0.15) is 11.1 Å². The smallest absolute Gasteiger partial charge is 0.269 e. The lowest BCUT2D eigenvalue weighted by molar-refractivity contribution is -0.117. The maximum absolute atomic E-state index is 13.5. The van der Waals surface area contributed by atoms with E-state index in [0.29, 0.717) is 22.8 Å². The standard InChI is InChI=1S/C26H19Br2N3O2S/c1-16-2-12-21(13-3-16)31-25(33)23(14-17-4-6-18(27)7-5-17)34-26(31)22(15-29)24(32)30-20-10-8-19(28)9-11-20/h2-13,23H,14H2,1H3,(H,30,32)/b26-22-. The number of carbonyl (C=O) groups excluding carboxylic acids is 2. The third-order valence-corrected chi connectivity index (χ3v) is 7.55. The number of aryl methyl sites for hydroxylation is 1. The Morgan fingerprint density at radius 3 is 2.18 bits per heavy atom. The third-order valence-electron chi connectivity index (χ3n) is 5.23. The van der Waals surface area contributed by atoms with E-state index in [4.69, 9.17) is 0 Å². The number of halogens is 2. The minimum atomic E-state index is -0.554. The zero-order valence-electron chi connectivity index (χ0n) is 18.1. The van der Waals surface area contributed by atoms with E-state index in [9.17, 15) is 14.9 Å². The van der Waals surface area contributed by atoms with Crippen molar-refractivity contribution in [1.82, 2.24) is 0 Å². The number of carbonyl (C=O) groups is 2. The van der Waals surface area contributed by atoms with E-state index in [2.05, 4.69) is 37.2 Å². The lowest BCUT2D eigenvalue weighted by Gasteiger charge is -2.19. The summed E-state index contributed by atoms with van der Waals surface area (Å²) in [6.07, 6.45) is 0.482. The molecule has 3 aromatic rings. The predicted molar refractivity (Wildman–Crippen MR) is 143 cm³/mol. The number of hydrogen-bond donors (Lipinski definition) is 1. The molecule has 0 aliphatic carbocycles. The summed E-state index contributed by atoms with van der Waals surface area (Å²) < 4.78 is 1.84. The second kappa shape index (κ2) is 10.6. The number of nitriles is 1. The third kappa shape index (κ3) is 5.44. The summed E-state index contributed by atoms with van der Waals surface area (Å²) in [6.45, 7) is 1.96. The van der Waals surface area contributed by atoms with Crippen molar-refractivity contribution in [3.8, 4) is 6.07 Å². The molecule has 3 aromatic carbocycles. The molecular formula is C26H19Br2N3O2S. The van der Waals surface area contributed by atoms with Gasteiger partial charge < -0.3 is 5.32 Å². The fourth-order valence-corrected chi connectivity index (χ4v) is 5.31. The molecule has 1 fully saturated rings. The van der Waals surface area contributed by atoms with Gasteiger partial charge in [-0.2, -0.15) is 5.26 Å². The Labute approximate surface area is 219 Å². The summed E-state index contributed by atoms with van der Waals surface area (Å²) in [5.74, 6) is -0.711. The van der Waals surface area contributed by atoms with Gasteiger partial charge in [0, 0.05) is 20.3 Å². The molecule has 34 heavy (non-hydrogen) atoms. The molecule has 0 bridgehead atoms. The highest BCUT2D eigenvalue weighted by Crippen LogP contribution is 2.42. The van der Waals surface area contributed by atoms with Gasteiger partial charge >= 0.3 is 0 Å². The zero-order valence-corrected chi connectivity index (χ0v) is 22.1. The van der Waals surface area contributed by atoms with E-state index in [1.165, 1.54) is 16.7 Å². The van der Waals surface area contributed by atoms with Gasteiger partial charge in [0.05, 0.1) is 5.25 Å². The second-order valence-electron chi connectivity index (χ2n) is 7.70. The highest BCUT2D eigenvalue weighted by molar-refractivity contribution is 9.10. The van der Waals surface area contributed by atoms with Crippen LogP contribution < -0.4 is 10.2 Å². The highest BCUT2D eigenvalue weighted by atomic mass is 79.9. The molecule has 1 atom stereocenters. The Morgan fingerprint density at radius 1 is 1.00 bits per heavy atom.